The first-order valence-corrected chi connectivity index (χ1v) is 12.4. The third-order valence-corrected chi connectivity index (χ3v) is 6.96. The van der Waals surface area contributed by atoms with Gasteiger partial charge in [-0.25, -0.2) is 8.42 Å². The zero-order valence-electron chi connectivity index (χ0n) is 20.2. The van der Waals surface area contributed by atoms with Gasteiger partial charge in [0.25, 0.3) is 0 Å². The van der Waals surface area contributed by atoms with Crippen LogP contribution < -0.4 is 24.2 Å². The number of aryl methyl sites for hydroxylation is 1. The molecule has 186 valence electrons. The Bertz CT molecular complexity index is 1260. The molecular weight excluding hydrogens is 468 g/mol. The van der Waals surface area contributed by atoms with Gasteiger partial charge >= 0.3 is 0 Å². The maximum atomic E-state index is 13.2. The highest BCUT2D eigenvalue weighted by Gasteiger charge is 2.26. The summed E-state index contributed by atoms with van der Waals surface area (Å²) in [5.41, 5.74) is 2.28. The van der Waals surface area contributed by atoms with Crippen molar-refractivity contribution >= 4 is 15.9 Å². The summed E-state index contributed by atoms with van der Waals surface area (Å²) >= 11 is 0. The molecule has 0 heterocycles. The SMILES string of the molecule is COc1ccc(S(=O)(=O)N[C@H](Cc2ccccc2)C(=O)NCc2ccc(OC)c(OC)c2)cc1C. The number of carbonyl (C=O) groups is 1. The normalized spacial score (nSPS) is 12.0. The van der Waals surface area contributed by atoms with Gasteiger partial charge in [-0.3, -0.25) is 4.79 Å². The Balaban J connectivity index is 1.81. The molecule has 0 aliphatic rings. The summed E-state index contributed by atoms with van der Waals surface area (Å²) in [6.07, 6.45) is 0.187. The summed E-state index contributed by atoms with van der Waals surface area (Å²) in [6, 6.07) is 18.1. The zero-order valence-corrected chi connectivity index (χ0v) is 21.0. The van der Waals surface area contributed by atoms with E-state index in [-0.39, 0.29) is 17.9 Å². The van der Waals surface area contributed by atoms with Crippen molar-refractivity contribution in [1.82, 2.24) is 10.0 Å². The number of benzene rings is 3. The number of rotatable bonds is 11. The molecule has 0 bridgehead atoms. The third-order valence-electron chi connectivity index (χ3n) is 5.49. The summed E-state index contributed by atoms with van der Waals surface area (Å²) < 4.78 is 44.7. The molecule has 0 fully saturated rings. The Morgan fingerprint density at radius 3 is 2.11 bits per heavy atom. The summed E-state index contributed by atoms with van der Waals surface area (Å²) in [5.74, 6) is 1.25. The van der Waals surface area contributed by atoms with Gasteiger partial charge in [0.2, 0.25) is 15.9 Å². The van der Waals surface area contributed by atoms with Gasteiger partial charge in [0.15, 0.2) is 11.5 Å². The molecule has 9 heteroatoms. The number of carbonyl (C=O) groups excluding carboxylic acids is 1. The molecule has 35 heavy (non-hydrogen) atoms. The Labute approximate surface area is 206 Å². The summed E-state index contributed by atoms with van der Waals surface area (Å²) in [5, 5.41) is 2.83. The molecule has 1 amide bonds. The summed E-state index contributed by atoms with van der Waals surface area (Å²) in [7, 11) is 0.623. The van der Waals surface area contributed by atoms with Gasteiger partial charge in [-0.05, 0) is 60.4 Å². The van der Waals surface area contributed by atoms with Crippen LogP contribution in [0.2, 0.25) is 0 Å². The van der Waals surface area contributed by atoms with Crippen molar-refractivity contribution in [2.45, 2.75) is 30.8 Å². The van der Waals surface area contributed by atoms with Gasteiger partial charge in [-0.15, -0.1) is 0 Å². The summed E-state index contributed by atoms with van der Waals surface area (Å²) in [4.78, 5) is 13.2. The number of nitrogens with one attached hydrogen (secondary N) is 2. The molecule has 0 unspecified atom stereocenters. The van der Waals surface area contributed by atoms with E-state index in [1.165, 1.54) is 26.4 Å². The maximum Gasteiger partial charge on any atom is 0.241 e. The second-order valence-corrected chi connectivity index (χ2v) is 9.62. The Morgan fingerprint density at radius 1 is 0.829 bits per heavy atom. The lowest BCUT2D eigenvalue weighted by Gasteiger charge is -2.19. The van der Waals surface area contributed by atoms with E-state index in [0.717, 1.165) is 11.1 Å². The van der Waals surface area contributed by atoms with Crippen LogP contribution in [0.15, 0.2) is 71.6 Å². The van der Waals surface area contributed by atoms with E-state index in [4.69, 9.17) is 14.2 Å². The first-order chi connectivity index (χ1) is 16.8. The van der Waals surface area contributed by atoms with Crippen LogP contribution in [0.1, 0.15) is 16.7 Å². The molecule has 3 aromatic rings. The minimum absolute atomic E-state index is 0.0570. The van der Waals surface area contributed by atoms with E-state index in [0.29, 0.717) is 22.8 Å². The lowest BCUT2D eigenvalue weighted by Crippen LogP contribution is -2.47. The third kappa shape index (κ3) is 6.74. The van der Waals surface area contributed by atoms with Crippen LogP contribution in [0.25, 0.3) is 0 Å². The highest BCUT2D eigenvalue weighted by atomic mass is 32.2. The second-order valence-electron chi connectivity index (χ2n) is 7.90. The van der Waals surface area contributed by atoms with Crippen LogP contribution in [0.5, 0.6) is 17.2 Å². The first kappa shape index (κ1) is 26.1. The number of hydrogen-bond acceptors (Lipinski definition) is 6. The van der Waals surface area contributed by atoms with E-state index >= 15 is 0 Å². The number of hydrogen-bond donors (Lipinski definition) is 2. The Morgan fingerprint density at radius 2 is 1.49 bits per heavy atom. The fourth-order valence-corrected chi connectivity index (χ4v) is 4.89. The molecule has 0 spiro atoms. The van der Waals surface area contributed by atoms with Crippen LogP contribution in [0.4, 0.5) is 0 Å². The molecule has 0 aromatic heterocycles. The van der Waals surface area contributed by atoms with Gasteiger partial charge in [0.1, 0.15) is 11.8 Å². The van der Waals surface area contributed by atoms with Crippen molar-refractivity contribution in [2.75, 3.05) is 21.3 Å². The molecule has 3 aromatic carbocycles. The fraction of sp³-hybridized carbons (Fsp3) is 0.269. The van der Waals surface area contributed by atoms with Crippen molar-refractivity contribution in [3.63, 3.8) is 0 Å². The molecule has 0 aliphatic heterocycles. The Kier molecular flexibility index (Phi) is 8.73. The van der Waals surface area contributed by atoms with Gasteiger partial charge in [-0.1, -0.05) is 36.4 Å². The highest BCUT2D eigenvalue weighted by molar-refractivity contribution is 7.89. The quantitative estimate of drug-likeness (QED) is 0.421. The van der Waals surface area contributed by atoms with Crippen molar-refractivity contribution in [3.05, 3.63) is 83.4 Å². The standard InChI is InChI=1S/C26H30N2O6S/c1-18-14-21(11-13-23(18)32-2)35(30,31)28-22(15-19-8-6-5-7-9-19)26(29)27-17-20-10-12-24(33-3)25(16-20)34-4/h5-14,16,22,28H,15,17H2,1-4H3,(H,27,29)/t22-/m1/s1. The monoisotopic (exact) mass is 498 g/mol. The molecular formula is C26H30N2O6S. The van der Waals surface area contributed by atoms with Gasteiger partial charge in [-0.2, -0.15) is 4.72 Å². The van der Waals surface area contributed by atoms with E-state index in [1.807, 2.05) is 30.3 Å². The van der Waals surface area contributed by atoms with Gasteiger partial charge in [0, 0.05) is 6.54 Å². The van der Waals surface area contributed by atoms with E-state index < -0.39 is 22.0 Å². The number of ether oxygens (including phenoxy) is 3. The zero-order chi connectivity index (χ0) is 25.4. The maximum absolute atomic E-state index is 13.2. The molecule has 0 saturated carbocycles. The molecule has 0 aliphatic carbocycles. The van der Waals surface area contributed by atoms with Crippen LogP contribution in [-0.2, 0) is 27.8 Å². The van der Waals surface area contributed by atoms with E-state index in [9.17, 15) is 13.2 Å². The minimum Gasteiger partial charge on any atom is -0.496 e. The highest BCUT2D eigenvalue weighted by Crippen LogP contribution is 2.27. The lowest BCUT2D eigenvalue weighted by atomic mass is 10.1. The largest absolute Gasteiger partial charge is 0.496 e. The Hall–Kier alpha value is -3.56. The lowest BCUT2D eigenvalue weighted by molar-refractivity contribution is -0.122. The molecule has 0 saturated heterocycles. The van der Waals surface area contributed by atoms with Crippen molar-refractivity contribution in [3.8, 4) is 17.2 Å². The topological polar surface area (TPSA) is 103 Å². The van der Waals surface area contributed by atoms with Gasteiger partial charge in [0.05, 0.1) is 26.2 Å². The predicted octanol–water partition coefficient (Wildman–Crippen LogP) is 3.23. The van der Waals surface area contributed by atoms with E-state index in [1.54, 1.807) is 38.3 Å². The van der Waals surface area contributed by atoms with Crippen LogP contribution >= 0.6 is 0 Å². The average molecular weight is 499 g/mol. The molecule has 2 N–H and O–H groups in total. The first-order valence-electron chi connectivity index (χ1n) is 11.0. The summed E-state index contributed by atoms with van der Waals surface area (Å²) in [6.45, 7) is 1.95. The smallest absolute Gasteiger partial charge is 0.241 e. The minimum atomic E-state index is -3.98. The molecule has 3 rings (SSSR count). The van der Waals surface area contributed by atoms with E-state index in [2.05, 4.69) is 10.0 Å². The number of sulfonamides is 1. The molecule has 0 radical (unpaired) electrons. The van der Waals surface area contributed by atoms with Crippen LogP contribution in [0.3, 0.4) is 0 Å². The predicted molar refractivity (Wildman–Crippen MR) is 133 cm³/mol. The second kappa shape index (κ2) is 11.7. The molecule has 1 atom stereocenters. The van der Waals surface area contributed by atoms with Crippen molar-refractivity contribution in [1.29, 1.82) is 0 Å². The fourth-order valence-electron chi connectivity index (χ4n) is 3.61. The van der Waals surface area contributed by atoms with Crippen LogP contribution in [0, 0.1) is 6.92 Å². The number of amides is 1. The van der Waals surface area contributed by atoms with Crippen molar-refractivity contribution < 1.29 is 27.4 Å². The van der Waals surface area contributed by atoms with Gasteiger partial charge < -0.3 is 19.5 Å². The average Bonchev–Trinajstić information content (AvgIpc) is 2.87. The number of methoxy groups -OCH3 is 3. The van der Waals surface area contributed by atoms with Crippen LogP contribution in [-0.4, -0.2) is 41.7 Å². The van der Waals surface area contributed by atoms with Crippen molar-refractivity contribution in [2.24, 2.45) is 0 Å². The molecule has 8 nitrogen and oxygen atoms in total.